The summed E-state index contributed by atoms with van der Waals surface area (Å²) < 4.78 is 17.7. The van der Waals surface area contributed by atoms with Crippen LogP contribution in [0.3, 0.4) is 0 Å². The van der Waals surface area contributed by atoms with Crippen molar-refractivity contribution in [3.63, 3.8) is 0 Å². The van der Waals surface area contributed by atoms with Gasteiger partial charge in [-0.3, -0.25) is 0 Å². The largest absolute Gasteiger partial charge is 0.380 e. The molecule has 1 aliphatic carbocycles. The maximum Gasteiger partial charge on any atom is 0.191 e. The first-order valence-corrected chi connectivity index (χ1v) is 6.63. The van der Waals surface area contributed by atoms with Gasteiger partial charge in [-0.15, -0.1) is 13.2 Å². The van der Waals surface area contributed by atoms with Crippen LogP contribution in [0.2, 0.25) is 0 Å². The van der Waals surface area contributed by atoms with Gasteiger partial charge in [0.2, 0.25) is 0 Å². The van der Waals surface area contributed by atoms with Crippen LogP contribution in [-0.4, -0.2) is 35.0 Å². The number of ether oxygens (including phenoxy) is 3. The minimum atomic E-state index is -1.24. The normalized spacial score (nSPS) is 45.9. The van der Waals surface area contributed by atoms with Gasteiger partial charge in [0.15, 0.2) is 12.1 Å². The molecule has 0 amide bonds. The van der Waals surface area contributed by atoms with E-state index in [0.717, 1.165) is 25.7 Å². The van der Waals surface area contributed by atoms with E-state index in [1.54, 1.807) is 6.08 Å². The fraction of sp³-hybridized carbons (Fsp3) is 0.714. The van der Waals surface area contributed by atoms with E-state index in [1.165, 1.54) is 12.5 Å². The SMILES string of the molecule is C=C[C@H]1O[C@@H]2OC3(CCCCC3)O[C@@H]2[C@@]1(O)C=C. The highest BCUT2D eigenvalue weighted by Gasteiger charge is 2.63. The molecule has 1 N–H and O–H groups in total. The number of fused-ring (bicyclic) bond motifs is 1. The molecule has 2 aliphatic heterocycles. The van der Waals surface area contributed by atoms with E-state index < -0.39 is 29.9 Å². The molecule has 1 saturated carbocycles. The Morgan fingerprint density at radius 3 is 2.44 bits per heavy atom. The summed E-state index contributed by atoms with van der Waals surface area (Å²) in [7, 11) is 0. The van der Waals surface area contributed by atoms with Crippen LogP contribution in [0.1, 0.15) is 32.1 Å². The minimum Gasteiger partial charge on any atom is -0.380 e. The summed E-state index contributed by atoms with van der Waals surface area (Å²) in [6, 6.07) is 0. The monoisotopic (exact) mass is 252 g/mol. The molecule has 18 heavy (non-hydrogen) atoms. The molecular weight excluding hydrogens is 232 g/mol. The quantitative estimate of drug-likeness (QED) is 0.762. The standard InChI is InChI=1S/C14H20O4/c1-3-10-14(15,4-2)11-12(16-10)18-13(17-11)8-6-5-7-9-13/h3-4,10-12,15H,1-2,5-9H2/t10-,11+,12-,14-/m1/s1. The molecule has 4 nitrogen and oxygen atoms in total. The third-order valence-corrected chi connectivity index (χ3v) is 4.27. The molecule has 1 spiro atoms. The molecule has 0 aromatic rings. The highest BCUT2D eigenvalue weighted by molar-refractivity contribution is 5.18. The molecule has 2 saturated heterocycles. The van der Waals surface area contributed by atoms with Crippen molar-refractivity contribution < 1.29 is 19.3 Å². The van der Waals surface area contributed by atoms with E-state index in [9.17, 15) is 5.11 Å². The fourth-order valence-corrected chi connectivity index (χ4v) is 3.22. The van der Waals surface area contributed by atoms with Crippen molar-refractivity contribution >= 4 is 0 Å². The second kappa shape index (κ2) is 4.17. The Bertz CT molecular complexity index is 361. The van der Waals surface area contributed by atoms with Crippen LogP contribution in [0, 0.1) is 0 Å². The Balaban J connectivity index is 1.84. The van der Waals surface area contributed by atoms with Crippen molar-refractivity contribution in [2.75, 3.05) is 0 Å². The van der Waals surface area contributed by atoms with E-state index >= 15 is 0 Å². The van der Waals surface area contributed by atoms with Crippen LogP contribution in [0.5, 0.6) is 0 Å². The van der Waals surface area contributed by atoms with Gasteiger partial charge in [-0.2, -0.15) is 0 Å². The average molecular weight is 252 g/mol. The predicted octanol–water partition coefficient (Wildman–Crippen LogP) is 1.89. The van der Waals surface area contributed by atoms with Crippen LogP contribution in [-0.2, 0) is 14.2 Å². The summed E-state index contributed by atoms with van der Waals surface area (Å²) in [6.45, 7) is 7.37. The van der Waals surface area contributed by atoms with Gasteiger partial charge in [0.25, 0.3) is 0 Å². The highest BCUT2D eigenvalue weighted by Crippen LogP contribution is 2.48. The van der Waals surface area contributed by atoms with Crippen LogP contribution in [0.25, 0.3) is 0 Å². The molecule has 100 valence electrons. The van der Waals surface area contributed by atoms with Gasteiger partial charge in [-0.25, -0.2) is 0 Å². The maximum atomic E-state index is 10.6. The molecule has 0 unspecified atom stereocenters. The molecule has 2 heterocycles. The third-order valence-electron chi connectivity index (χ3n) is 4.27. The molecule has 0 radical (unpaired) electrons. The summed E-state index contributed by atoms with van der Waals surface area (Å²) in [5.41, 5.74) is -1.24. The zero-order valence-electron chi connectivity index (χ0n) is 10.5. The molecule has 3 fully saturated rings. The Morgan fingerprint density at radius 2 is 1.83 bits per heavy atom. The Hall–Kier alpha value is -0.680. The van der Waals surface area contributed by atoms with Crippen LogP contribution >= 0.6 is 0 Å². The zero-order chi connectivity index (χ0) is 12.8. The van der Waals surface area contributed by atoms with E-state index in [-0.39, 0.29) is 0 Å². The lowest BCUT2D eigenvalue weighted by Crippen LogP contribution is -2.47. The van der Waals surface area contributed by atoms with Crippen molar-refractivity contribution in [2.24, 2.45) is 0 Å². The molecule has 4 heteroatoms. The average Bonchev–Trinajstić information content (AvgIpc) is 2.85. The fourth-order valence-electron chi connectivity index (χ4n) is 3.22. The number of aliphatic hydroxyl groups is 1. The lowest BCUT2D eigenvalue weighted by molar-refractivity contribution is -0.247. The van der Waals surface area contributed by atoms with Gasteiger partial charge in [0.1, 0.15) is 17.8 Å². The Labute approximate surface area is 107 Å². The first-order chi connectivity index (χ1) is 8.63. The van der Waals surface area contributed by atoms with Crippen LogP contribution in [0.15, 0.2) is 25.3 Å². The molecule has 4 atom stereocenters. The van der Waals surface area contributed by atoms with Crippen molar-refractivity contribution in [2.45, 2.75) is 62.0 Å². The molecule has 0 aromatic heterocycles. The zero-order valence-corrected chi connectivity index (χ0v) is 10.5. The molecule has 0 aromatic carbocycles. The smallest absolute Gasteiger partial charge is 0.191 e. The van der Waals surface area contributed by atoms with Gasteiger partial charge < -0.3 is 19.3 Å². The second-order valence-electron chi connectivity index (χ2n) is 5.38. The van der Waals surface area contributed by atoms with Crippen molar-refractivity contribution in [3.05, 3.63) is 25.3 Å². The molecule has 3 aliphatic rings. The first kappa shape index (κ1) is 12.4. The van der Waals surface area contributed by atoms with E-state index in [2.05, 4.69) is 13.2 Å². The highest BCUT2D eigenvalue weighted by atomic mass is 16.8. The lowest BCUT2D eigenvalue weighted by atomic mass is 9.92. The molecule has 0 bridgehead atoms. The Kier molecular flexibility index (Phi) is 2.86. The molecular formula is C14H20O4. The van der Waals surface area contributed by atoms with Crippen molar-refractivity contribution in [1.29, 1.82) is 0 Å². The van der Waals surface area contributed by atoms with Crippen LogP contribution < -0.4 is 0 Å². The second-order valence-corrected chi connectivity index (χ2v) is 5.38. The third kappa shape index (κ3) is 1.60. The summed E-state index contributed by atoms with van der Waals surface area (Å²) in [5.74, 6) is -0.559. The van der Waals surface area contributed by atoms with Gasteiger partial charge in [-0.05, 0) is 12.8 Å². The summed E-state index contributed by atoms with van der Waals surface area (Å²) in [6.07, 6.45) is 6.65. The number of rotatable bonds is 2. The van der Waals surface area contributed by atoms with Crippen LogP contribution in [0.4, 0.5) is 0 Å². The molecule has 3 rings (SSSR count). The van der Waals surface area contributed by atoms with Gasteiger partial charge >= 0.3 is 0 Å². The predicted molar refractivity (Wildman–Crippen MR) is 65.8 cm³/mol. The summed E-state index contributed by atoms with van der Waals surface area (Å²) in [5, 5.41) is 10.6. The lowest BCUT2D eigenvalue weighted by Gasteiger charge is -2.35. The van der Waals surface area contributed by atoms with Crippen molar-refractivity contribution in [3.8, 4) is 0 Å². The van der Waals surface area contributed by atoms with Crippen molar-refractivity contribution in [1.82, 2.24) is 0 Å². The number of hydrogen-bond donors (Lipinski definition) is 1. The number of hydrogen-bond acceptors (Lipinski definition) is 4. The van der Waals surface area contributed by atoms with E-state index in [1.807, 2.05) is 0 Å². The van der Waals surface area contributed by atoms with Gasteiger partial charge in [-0.1, -0.05) is 18.6 Å². The topological polar surface area (TPSA) is 47.9 Å². The van der Waals surface area contributed by atoms with Gasteiger partial charge in [0.05, 0.1) is 0 Å². The van der Waals surface area contributed by atoms with E-state index in [4.69, 9.17) is 14.2 Å². The summed E-state index contributed by atoms with van der Waals surface area (Å²) in [4.78, 5) is 0. The maximum absolute atomic E-state index is 10.6. The minimum absolute atomic E-state index is 0.504. The van der Waals surface area contributed by atoms with E-state index in [0.29, 0.717) is 0 Å². The Morgan fingerprint density at radius 1 is 1.11 bits per heavy atom. The summed E-state index contributed by atoms with van der Waals surface area (Å²) >= 11 is 0. The van der Waals surface area contributed by atoms with Gasteiger partial charge in [0, 0.05) is 12.8 Å². The first-order valence-electron chi connectivity index (χ1n) is 6.63.